The molecule has 5 nitrogen and oxygen atoms in total. The standard InChI is InChI=1S/C16H14N2O3S/c1-20-11-5-3-10(4-6-11)15(19)18-16-17-13-9-12(21-2)7-8-14(13)22-16/h3-9H,1-2H3,(H,17,18,19). The Morgan fingerprint density at radius 3 is 2.41 bits per heavy atom. The largest absolute Gasteiger partial charge is 0.497 e. The SMILES string of the molecule is COc1ccc(C(=O)Nc2nc3cc(OC)ccc3s2)cc1. The maximum Gasteiger partial charge on any atom is 0.257 e. The summed E-state index contributed by atoms with van der Waals surface area (Å²) in [5.41, 5.74) is 1.35. The summed E-state index contributed by atoms with van der Waals surface area (Å²) in [5.74, 6) is 1.25. The van der Waals surface area contributed by atoms with Gasteiger partial charge in [0.25, 0.3) is 5.91 Å². The fourth-order valence-electron chi connectivity index (χ4n) is 2.00. The van der Waals surface area contributed by atoms with Crippen LogP contribution in [-0.2, 0) is 0 Å². The molecule has 0 bridgehead atoms. The van der Waals surface area contributed by atoms with Crippen LogP contribution in [0, 0.1) is 0 Å². The predicted octanol–water partition coefficient (Wildman–Crippen LogP) is 3.57. The highest BCUT2D eigenvalue weighted by Crippen LogP contribution is 2.29. The van der Waals surface area contributed by atoms with Gasteiger partial charge in [0.1, 0.15) is 11.5 Å². The van der Waals surface area contributed by atoms with Crippen LogP contribution in [0.25, 0.3) is 10.2 Å². The lowest BCUT2D eigenvalue weighted by molar-refractivity contribution is 0.102. The van der Waals surface area contributed by atoms with Crippen LogP contribution < -0.4 is 14.8 Å². The fraction of sp³-hybridized carbons (Fsp3) is 0.125. The quantitative estimate of drug-likeness (QED) is 0.800. The van der Waals surface area contributed by atoms with Crippen molar-refractivity contribution in [3.63, 3.8) is 0 Å². The number of carbonyl (C=O) groups is 1. The minimum Gasteiger partial charge on any atom is -0.497 e. The number of nitrogens with one attached hydrogen (secondary N) is 1. The zero-order valence-electron chi connectivity index (χ0n) is 12.1. The van der Waals surface area contributed by atoms with E-state index in [1.807, 2.05) is 18.2 Å². The van der Waals surface area contributed by atoms with E-state index in [1.165, 1.54) is 11.3 Å². The highest BCUT2D eigenvalue weighted by molar-refractivity contribution is 7.22. The molecule has 1 amide bonds. The van der Waals surface area contributed by atoms with E-state index in [0.29, 0.717) is 16.4 Å². The number of ether oxygens (including phenoxy) is 2. The molecule has 6 heteroatoms. The Balaban J connectivity index is 1.80. The number of rotatable bonds is 4. The Hall–Kier alpha value is -2.60. The van der Waals surface area contributed by atoms with E-state index in [9.17, 15) is 4.79 Å². The first-order valence-electron chi connectivity index (χ1n) is 6.59. The summed E-state index contributed by atoms with van der Waals surface area (Å²) in [6, 6.07) is 12.6. The van der Waals surface area contributed by atoms with Gasteiger partial charge >= 0.3 is 0 Å². The van der Waals surface area contributed by atoms with E-state index >= 15 is 0 Å². The molecule has 1 N–H and O–H groups in total. The molecule has 0 aliphatic rings. The molecule has 0 unspecified atom stereocenters. The molecule has 0 spiro atoms. The first-order chi connectivity index (χ1) is 10.7. The average Bonchev–Trinajstić information content (AvgIpc) is 2.95. The zero-order valence-corrected chi connectivity index (χ0v) is 12.9. The number of benzene rings is 2. The fourth-order valence-corrected chi connectivity index (χ4v) is 2.84. The molecule has 1 heterocycles. The molecule has 0 saturated carbocycles. The summed E-state index contributed by atoms with van der Waals surface area (Å²) in [6.07, 6.45) is 0. The Morgan fingerprint density at radius 2 is 1.73 bits per heavy atom. The highest BCUT2D eigenvalue weighted by Gasteiger charge is 2.10. The summed E-state index contributed by atoms with van der Waals surface area (Å²) in [6.45, 7) is 0. The number of methoxy groups -OCH3 is 2. The topological polar surface area (TPSA) is 60.5 Å². The summed E-state index contributed by atoms with van der Waals surface area (Å²) in [4.78, 5) is 16.6. The predicted molar refractivity (Wildman–Crippen MR) is 87.1 cm³/mol. The minimum absolute atomic E-state index is 0.200. The van der Waals surface area contributed by atoms with Gasteiger partial charge < -0.3 is 9.47 Å². The zero-order chi connectivity index (χ0) is 15.5. The second-order valence-electron chi connectivity index (χ2n) is 4.54. The summed E-state index contributed by atoms with van der Waals surface area (Å²) in [7, 11) is 3.20. The van der Waals surface area contributed by atoms with Crippen LogP contribution in [0.3, 0.4) is 0 Å². The third kappa shape index (κ3) is 2.87. The van der Waals surface area contributed by atoms with Gasteiger partial charge in [-0.15, -0.1) is 0 Å². The Labute approximate surface area is 131 Å². The summed E-state index contributed by atoms with van der Waals surface area (Å²) in [5, 5.41) is 3.37. The molecule has 0 saturated heterocycles. The van der Waals surface area contributed by atoms with Crippen molar-refractivity contribution in [2.24, 2.45) is 0 Å². The number of amides is 1. The maximum absolute atomic E-state index is 12.2. The summed E-state index contributed by atoms with van der Waals surface area (Å²) >= 11 is 1.42. The second-order valence-corrected chi connectivity index (χ2v) is 5.57. The van der Waals surface area contributed by atoms with Gasteiger partial charge in [0.15, 0.2) is 5.13 Å². The van der Waals surface area contributed by atoms with Gasteiger partial charge in [0.2, 0.25) is 0 Å². The van der Waals surface area contributed by atoms with Crippen molar-refractivity contribution in [3.8, 4) is 11.5 Å². The maximum atomic E-state index is 12.2. The molecule has 1 aromatic heterocycles. The van der Waals surface area contributed by atoms with Crippen molar-refractivity contribution < 1.29 is 14.3 Å². The number of hydrogen-bond acceptors (Lipinski definition) is 5. The van der Waals surface area contributed by atoms with Crippen LogP contribution in [0.1, 0.15) is 10.4 Å². The molecular weight excluding hydrogens is 300 g/mol. The van der Waals surface area contributed by atoms with Gasteiger partial charge in [-0.05, 0) is 36.4 Å². The van der Waals surface area contributed by atoms with Crippen LogP contribution >= 0.6 is 11.3 Å². The molecule has 0 radical (unpaired) electrons. The lowest BCUT2D eigenvalue weighted by Gasteiger charge is -2.03. The van der Waals surface area contributed by atoms with Gasteiger partial charge in [0, 0.05) is 11.6 Å². The van der Waals surface area contributed by atoms with E-state index in [-0.39, 0.29) is 5.91 Å². The summed E-state index contributed by atoms with van der Waals surface area (Å²) < 4.78 is 11.2. The minimum atomic E-state index is -0.200. The second kappa shape index (κ2) is 6.03. The van der Waals surface area contributed by atoms with Crippen LogP contribution in [0.4, 0.5) is 5.13 Å². The van der Waals surface area contributed by atoms with Crippen LogP contribution in [0.5, 0.6) is 11.5 Å². The number of nitrogens with zero attached hydrogens (tertiary/aromatic N) is 1. The van der Waals surface area contributed by atoms with Gasteiger partial charge in [-0.2, -0.15) is 0 Å². The van der Waals surface area contributed by atoms with Crippen molar-refractivity contribution in [2.75, 3.05) is 19.5 Å². The third-order valence-corrected chi connectivity index (χ3v) is 4.12. The molecule has 3 rings (SSSR count). The molecule has 2 aromatic carbocycles. The third-order valence-electron chi connectivity index (χ3n) is 3.17. The monoisotopic (exact) mass is 314 g/mol. The first-order valence-corrected chi connectivity index (χ1v) is 7.41. The highest BCUT2D eigenvalue weighted by atomic mass is 32.1. The van der Waals surface area contributed by atoms with Crippen LogP contribution in [0.2, 0.25) is 0 Å². The molecule has 0 aliphatic carbocycles. The first kappa shape index (κ1) is 14.3. The van der Waals surface area contributed by atoms with Crippen molar-refractivity contribution in [2.45, 2.75) is 0 Å². The van der Waals surface area contributed by atoms with Gasteiger partial charge in [0.05, 0.1) is 24.4 Å². The van der Waals surface area contributed by atoms with E-state index < -0.39 is 0 Å². The number of thiazole rings is 1. The van der Waals surface area contributed by atoms with Crippen LogP contribution in [0.15, 0.2) is 42.5 Å². The number of aromatic nitrogens is 1. The molecule has 3 aromatic rings. The Kier molecular flexibility index (Phi) is 3.93. The van der Waals surface area contributed by atoms with Crippen LogP contribution in [-0.4, -0.2) is 25.1 Å². The van der Waals surface area contributed by atoms with Gasteiger partial charge in [-0.1, -0.05) is 11.3 Å². The Bertz CT molecular complexity index is 812. The lowest BCUT2D eigenvalue weighted by Crippen LogP contribution is -2.11. The van der Waals surface area contributed by atoms with Crippen molar-refractivity contribution >= 4 is 32.6 Å². The van der Waals surface area contributed by atoms with E-state index in [1.54, 1.807) is 38.5 Å². The smallest absolute Gasteiger partial charge is 0.257 e. The molecule has 0 aliphatic heterocycles. The molecule has 0 atom stereocenters. The average molecular weight is 314 g/mol. The van der Waals surface area contributed by atoms with Crippen molar-refractivity contribution in [1.29, 1.82) is 0 Å². The lowest BCUT2D eigenvalue weighted by atomic mass is 10.2. The molecule has 22 heavy (non-hydrogen) atoms. The molecule has 0 fully saturated rings. The number of fused-ring (bicyclic) bond motifs is 1. The van der Waals surface area contributed by atoms with E-state index in [2.05, 4.69) is 10.3 Å². The van der Waals surface area contributed by atoms with E-state index in [4.69, 9.17) is 9.47 Å². The van der Waals surface area contributed by atoms with Crippen molar-refractivity contribution in [3.05, 3.63) is 48.0 Å². The number of anilines is 1. The number of carbonyl (C=O) groups excluding carboxylic acids is 1. The molecule has 112 valence electrons. The van der Waals surface area contributed by atoms with E-state index in [0.717, 1.165) is 16.0 Å². The van der Waals surface area contributed by atoms with Gasteiger partial charge in [-0.25, -0.2) is 4.98 Å². The Morgan fingerprint density at radius 1 is 1.05 bits per heavy atom. The van der Waals surface area contributed by atoms with Crippen molar-refractivity contribution in [1.82, 2.24) is 4.98 Å². The van der Waals surface area contributed by atoms with Gasteiger partial charge in [-0.3, -0.25) is 10.1 Å². The molecular formula is C16H14N2O3S. The normalized spacial score (nSPS) is 10.5. The number of hydrogen-bond donors (Lipinski definition) is 1.